The number of hydrogen-bond acceptors (Lipinski definition) is 3. The van der Waals surface area contributed by atoms with Crippen LogP contribution in [0.25, 0.3) is 0 Å². The molecule has 1 aromatic carbocycles. The largest absolute Gasteiger partial charge is 0.490 e. The van der Waals surface area contributed by atoms with Gasteiger partial charge < -0.3 is 10.1 Å². The van der Waals surface area contributed by atoms with Gasteiger partial charge in [-0.2, -0.15) is 11.8 Å². The molecule has 0 radical (unpaired) electrons. The SMILES string of the molecule is c1cc(OC2CCSC2)ccc1CC1CCCNC1. The van der Waals surface area contributed by atoms with E-state index < -0.39 is 0 Å². The second-order valence-corrected chi connectivity index (χ2v) is 6.81. The monoisotopic (exact) mass is 277 g/mol. The van der Waals surface area contributed by atoms with E-state index in [9.17, 15) is 0 Å². The second-order valence-electron chi connectivity index (χ2n) is 5.66. The summed E-state index contributed by atoms with van der Waals surface area (Å²) in [5.74, 6) is 4.25. The molecule has 2 saturated heterocycles. The summed E-state index contributed by atoms with van der Waals surface area (Å²) < 4.78 is 5.99. The maximum Gasteiger partial charge on any atom is 0.119 e. The lowest BCUT2D eigenvalue weighted by molar-refractivity contribution is 0.229. The number of benzene rings is 1. The summed E-state index contributed by atoms with van der Waals surface area (Å²) in [5.41, 5.74) is 1.45. The van der Waals surface area contributed by atoms with Crippen LogP contribution in [0.15, 0.2) is 24.3 Å². The van der Waals surface area contributed by atoms with Gasteiger partial charge >= 0.3 is 0 Å². The normalized spacial score (nSPS) is 27.4. The van der Waals surface area contributed by atoms with Crippen LogP contribution in [-0.2, 0) is 6.42 Å². The Kier molecular flexibility index (Phi) is 4.67. The lowest BCUT2D eigenvalue weighted by atomic mass is 9.92. The Bertz CT molecular complexity index is 380. The summed E-state index contributed by atoms with van der Waals surface area (Å²) >= 11 is 2.00. The molecule has 0 bridgehead atoms. The van der Waals surface area contributed by atoms with Crippen molar-refractivity contribution in [3.63, 3.8) is 0 Å². The van der Waals surface area contributed by atoms with Gasteiger partial charge in [-0.3, -0.25) is 0 Å². The smallest absolute Gasteiger partial charge is 0.119 e. The lowest BCUT2D eigenvalue weighted by Crippen LogP contribution is -2.30. The van der Waals surface area contributed by atoms with Gasteiger partial charge in [-0.25, -0.2) is 0 Å². The Morgan fingerprint density at radius 3 is 2.79 bits per heavy atom. The van der Waals surface area contributed by atoms with Crippen LogP contribution in [0.2, 0.25) is 0 Å². The molecule has 2 fully saturated rings. The first-order chi connectivity index (χ1) is 9.40. The molecule has 3 heteroatoms. The third-order valence-electron chi connectivity index (χ3n) is 4.04. The van der Waals surface area contributed by atoms with E-state index in [-0.39, 0.29) is 0 Å². The fourth-order valence-electron chi connectivity index (χ4n) is 2.93. The third-order valence-corrected chi connectivity index (χ3v) is 5.17. The summed E-state index contributed by atoms with van der Waals surface area (Å²) in [4.78, 5) is 0. The highest BCUT2D eigenvalue weighted by Crippen LogP contribution is 2.24. The van der Waals surface area contributed by atoms with Crippen molar-refractivity contribution in [2.45, 2.75) is 31.8 Å². The quantitative estimate of drug-likeness (QED) is 0.913. The number of thioether (sulfide) groups is 1. The fourth-order valence-corrected chi connectivity index (χ4v) is 4.03. The van der Waals surface area contributed by atoms with E-state index in [1.165, 1.54) is 50.1 Å². The average molecular weight is 277 g/mol. The van der Waals surface area contributed by atoms with Gasteiger partial charge in [-0.15, -0.1) is 0 Å². The molecule has 2 heterocycles. The Balaban J connectivity index is 1.52. The van der Waals surface area contributed by atoms with Crippen LogP contribution in [0.4, 0.5) is 0 Å². The van der Waals surface area contributed by atoms with Crippen LogP contribution >= 0.6 is 11.8 Å². The van der Waals surface area contributed by atoms with Gasteiger partial charge in [0.2, 0.25) is 0 Å². The maximum atomic E-state index is 5.99. The molecule has 1 N–H and O–H groups in total. The van der Waals surface area contributed by atoms with Crippen molar-refractivity contribution in [2.24, 2.45) is 5.92 Å². The molecule has 19 heavy (non-hydrogen) atoms. The van der Waals surface area contributed by atoms with E-state index >= 15 is 0 Å². The minimum absolute atomic E-state index is 0.429. The molecule has 0 aromatic heterocycles. The van der Waals surface area contributed by atoms with Crippen molar-refractivity contribution < 1.29 is 4.74 Å². The number of hydrogen-bond donors (Lipinski definition) is 1. The molecule has 2 unspecified atom stereocenters. The van der Waals surface area contributed by atoms with Crippen LogP contribution in [-0.4, -0.2) is 30.7 Å². The van der Waals surface area contributed by atoms with Crippen molar-refractivity contribution in [1.82, 2.24) is 5.32 Å². The third kappa shape index (κ3) is 3.90. The summed E-state index contributed by atoms with van der Waals surface area (Å²) in [5, 5.41) is 3.49. The first-order valence-electron chi connectivity index (χ1n) is 7.44. The predicted molar refractivity (Wildman–Crippen MR) is 82.1 cm³/mol. The van der Waals surface area contributed by atoms with Gasteiger partial charge in [0.25, 0.3) is 0 Å². The average Bonchev–Trinajstić information content (AvgIpc) is 2.95. The van der Waals surface area contributed by atoms with Gasteiger partial charge in [-0.1, -0.05) is 12.1 Å². The minimum Gasteiger partial charge on any atom is -0.490 e. The number of nitrogens with one attached hydrogen (secondary N) is 1. The number of ether oxygens (including phenoxy) is 1. The lowest BCUT2D eigenvalue weighted by Gasteiger charge is -2.22. The van der Waals surface area contributed by atoms with Crippen LogP contribution in [0, 0.1) is 5.92 Å². The van der Waals surface area contributed by atoms with Gasteiger partial charge in [0.15, 0.2) is 0 Å². The molecule has 2 aliphatic heterocycles. The van der Waals surface area contributed by atoms with E-state index in [4.69, 9.17) is 4.74 Å². The van der Waals surface area contributed by atoms with E-state index in [0.717, 1.165) is 17.4 Å². The molecular formula is C16H23NOS. The minimum atomic E-state index is 0.429. The maximum absolute atomic E-state index is 5.99. The van der Waals surface area contributed by atoms with Crippen molar-refractivity contribution in [1.29, 1.82) is 0 Å². The zero-order chi connectivity index (χ0) is 12.9. The van der Waals surface area contributed by atoms with Crippen molar-refractivity contribution >= 4 is 11.8 Å². The van der Waals surface area contributed by atoms with Gasteiger partial charge in [-0.05, 0) is 68.1 Å². The second kappa shape index (κ2) is 6.67. The van der Waals surface area contributed by atoms with Crippen molar-refractivity contribution in [3.8, 4) is 5.75 Å². The molecule has 1 aromatic rings. The summed E-state index contributed by atoms with van der Waals surface area (Å²) in [7, 11) is 0. The standard InChI is InChI=1S/C16H23NOS/c1-2-14(11-17-8-1)10-13-3-5-15(6-4-13)18-16-7-9-19-12-16/h3-6,14,16-17H,1-2,7-12H2. The van der Waals surface area contributed by atoms with Gasteiger partial charge in [0, 0.05) is 5.75 Å². The van der Waals surface area contributed by atoms with E-state index in [2.05, 4.69) is 29.6 Å². The molecule has 3 rings (SSSR count). The van der Waals surface area contributed by atoms with Crippen LogP contribution in [0.3, 0.4) is 0 Å². The molecule has 104 valence electrons. The Morgan fingerprint density at radius 2 is 2.11 bits per heavy atom. The predicted octanol–water partition coefficient (Wildman–Crippen LogP) is 3.11. The molecule has 2 atom stereocenters. The Hall–Kier alpha value is -0.670. The van der Waals surface area contributed by atoms with Crippen LogP contribution < -0.4 is 10.1 Å². The van der Waals surface area contributed by atoms with Crippen molar-refractivity contribution in [3.05, 3.63) is 29.8 Å². The molecule has 2 aliphatic rings. The molecule has 2 nitrogen and oxygen atoms in total. The van der Waals surface area contributed by atoms with Crippen molar-refractivity contribution in [2.75, 3.05) is 24.6 Å². The van der Waals surface area contributed by atoms with E-state index in [1.54, 1.807) is 0 Å². The summed E-state index contributed by atoms with van der Waals surface area (Å²) in [6.07, 6.45) is 5.51. The Labute approximate surface area is 120 Å². The first kappa shape index (κ1) is 13.3. The molecule has 0 amide bonds. The molecule has 0 saturated carbocycles. The van der Waals surface area contributed by atoms with Crippen LogP contribution in [0.1, 0.15) is 24.8 Å². The highest BCUT2D eigenvalue weighted by Gasteiger charge is 2.17. The summed E-state index contributed by atoms with van der Waals surface area (Å²) in [6.45, 7) is 2.38. The van der Waals surface area contributed by atoms with Crippen LogP contribution in [0.5, 0.6) is 5.75 Å². The topological polar surface area (TPSA) is 21.3 Å². The fraction of sp³-hybridized carbons (Fsp3) is 0.625. The van der Waals surface area contributed by atoms with E-state index in [0.29, 0.717) is 6.10 Å². The zero-order valence-corrected chi connectivity index (χ0v) is 12.3. The Morgan fingerprint density at radius 1 is 1.21 bits per heavy atom. The molecule has 0 spiro atoms. The van der Waals surface area contributed by atoms with Gasteiger partial charge in [0.05, 0.1) is 0 Å². The molecule has 0 aliphatic carbocycles. The van der Waals surface area contributed by atoms with E-state index in [1.807, 2.05) is 11.8 Å². The number of piperidine rings is 1. The number of rotatable bonds is 4. The molecular weight excluding hydrogens is 254 g/mol. The zero-order valence-electron chi connectivity index (χ0n) is 11.4. The first-order valence-corrected chi connectivity index (χ1v) is 8.60. The highest BCUT2D eigenvalue weighted by atomic mass is 32.2. The summed E-state index contributed by atoms with van der Waals surface area (Å²) in [6, 6.07) is 8.78. The highest BCUT2D eigenvalue weighted by molar-refractivity contribution is 7.99. The van der Waals surface area contributed by atoms with Gasteiger partial charge in [0.1, 0.15) is 11.9 Å².